The Morgan fingerprint density at radius 2 is 2.08 bits per heavy atom. The molecule has 1 rings (SSSR count). The SMILES string of the molecule is CC(=O)c1cc(Br)c(N)cc1C. The number of rotatable bonds is 1. The molecule has 64 valence electrons. The molecule has 0 aliphatic heterocycles. The summed E-state index contributed by atoms with van der Waals surface area (Å²) in [4.78, 5) is 11.1. The van der Waals surface area contributed by atoms with E-state index in [1.165, 1.54) is 0 Å². The number of halogens is 1. The fraction of sp³-hybridized carbons (Fsp3) is 0.222. The molecular formula is C9H10BrNO. The maximum Gasteiger partial charge on any atom is 0.160 e. The quantitative estimate of drug-likeness (QED) is 0.592. The minimum atomic E-state index is 0.0631. The average molecular weight is 228 g/mol. The Kier molecular flexibility index (Phi) is 2.52. The smallest absolute Gasteiger partial charge is 0.160 e. The van der Waals surface area contributed by atoms with Crippen molar-refractivity contribution in [1.29, 1.82) is 0 Å². The number of anilines is 1. The Hall–Kier alpha value is -0.830. The van der Waals surface area contributed by atoms with Crippen LogP contribution in [-0.2, 0) is 0 Å². The highest BCUT2D eigenvalue weighted by atomic mass is 79.9. The number of hydrogen-bond donors (Lipinski definition) is 1. The standard InChI is InChI=1S/C9H10BrNO/c1-5-3-9(11)8(10)4-7(5)6(2)12/h3-4H,11H2,1-2H3. The van der Waals surface area contributed by atoms with Crippen molar-refractivity contribution in [1.82, 2.24) is 0 Å². The van der Waals surface area contributed by atoms with Gasteiger partial charge in [0.05, 0.1) is 0 Å². The molecule has 3 heteroatoms. The number of carbonyl (C=O) groups excluding carboxylic acids is 1. The molecule has 1 aromatic rings. The van der Waals surface area contributed by atoms with Crippen LogP contribution in [0, 0.1) is 6.92 Å². The molecule has 0 unspecified atom stereocenters. The van der Waals surface area contributed by atoms with Crippen molar-refractivity contribution >= 4 is 27.4 Å². The van der Waals surface area contributed by atoms with Crippen molar-refractivity contribution in [2.75, 3.05) is 5.73 Å². The number of Topliss-reactive ketones (excluding diaryl/α,β-unsaturated/α-hetero) is 1. The third kappa shape index (κ3) is 1.67. The van der Waals surface area contributed by atoms with Crippen molar-refractivity contribution in [2.45, 2.75) is 13.8 Å². The van der Waals surface area contributed by atoms with Crippen molar-refractivity contribution in [3.8, 4) is 0 Å². The lowest BCUT2D eigenvalue weighted by Crippen LogP contribution is -1.98. The molecule has 0 atom stereocenters. The summed E-state index contributed by atoms with van der Waals surface area (Å²) in [6, 6.07) is 3.55. The average Bonchev–Trinajstić information content (AvgIpc) is 1.96. The second-order valence-electron chi connectivity index (χ2n) is 2.74. The van der Waals surface area contributed by atoms with Crippen molar-refractivity contribution in [2.24, 2.45) is 0 Å². The number of ketones is 1. The number of benzene rings is 1. The molecule has 0 fully saturated rings. The molecule has 0 radical (unpaired) electrons. The third-order valence-corrected chi connectivity index (χ3v) is 2.41. The maximum absolute atomic E-state index is 11.1. The second-order valence-corrected chi connectivity index (χ2v) is 3.60. The molecule has 0 aliphatic rings. The van der Waals surface area contributed by atoms with Crippen molar-refractivity contribution < 1.29 is 4.79 Å². The van der Waals surface area contributed by atoms with Gasteiger partial charge in [-0.3, -0.25) is 4.79 Å². The van der Waals surface area contributed by atoms with E-state index in [-0.39, 0.29) is 5.78 Å². The molecule has 2 N–H and O–H groups in total. The molecule has 0 saturated carbocycles. The highest BCUT2D eigenvalue weighted by Crippen LogP contribution is 2.23. The van der Waals surface area contributed by atoms with Gasteiger partial charge in [-0.25, -0.2) is 0 Å². The molecule has 0 aliphatic carbocycles. The fourth-order valence-electron chi connectivity index (χ4n) is 1.08. The lowest BCUT2D eigenvalue weighted by atomic mass is 10.1. The van der Waals surface area contributed by atoms with Gasteiger partial charge in [-0.15, -0.1) is 0 Å². The van der Waals surface area contributed by atoms with Crippen LogP contribution in [0.3, 0.4) is 0 Å². The van der Waals surface area contributed by atoms with Crippen LogP contribution in [0.4, 0.5) is 5.69 Å². The number of aryl methyl sites for hydroxylation is 1. The van der Waals surface area contributed by atoms with E-state index in [4.69, 9.17) is 5.73 Å². The number of nitrogen functional groups attached to an aromatic ring is 1. The topological polar surface area (TPSA) is 43.1 Å². The van der Waals surface area contributed by atoms with Crippen LogP contribution in [0.5, 0.6) is 0 Å². The first kappa shape index (κ1) is 9.26. The van der Waals surface area contributed by atoms with E-state index >= 15 is 0 Å². The van der Waals surface area contributed by atoms with E-state index in [0.717, 1.165) is 15.6 Å². The van der Waals surface area contributed by atoms with Gasteiger partial charge in [0.15, 0.2) is 5.78 Å². The molecule has 0 saturated heterocycles. The largest absolute Gasteiger partial charge is 0.398 e. The zero-order valence-electron chi connectivity index (χ0n) is 7.02. The van der Waals surface area contributed by atoms with Crippen LogP contribution in [0.15, 0.2) is 16.6 Å². The Bertz CT molecular complexity index is 334. The van der Waals surface area contributed by atoms with Gasteiger partial charge in [-0.1, -0.05) is 0 Å². The molecule has 0 heterocycles. The van der Waals surface area contributed by atoms with Gasteiger partial charge >= 0.3 is 0 Å². The van der Waals surface area contributed by atoms with Gasteiger partial charge in [0.25, 0.3) is 0 Å². The summed E-state index contributed by atoms with van der Waals surface area (Å²) in [5, 5.41) is 0. The van der Waals surface area contributed by atoms with Crippen LogP contribution in [0.1, 0.15) is 22.8 Å². The fourth-order valence-corrected chi connectivity index (χ4v) is 1.43. The van der Waals surface area contributed by atoms with Crippen LogP contribution in [-0.4, -0.2) is 5.78 Å². The summed E-state index contributed by atoms with van der Waals surface area (Å²) >= 11 is 3.27. The van der Waals surface area contributed by atoms with Gasteiger partial charge in [-0.2, -0.15) is 0 Å². The molecule has 0 amide bonds. The first-order valence-corrected chi connectivity index (χ1v) is 4.38. The zero-order chi connectivity index (χ0) is 9.30. The highest BCUT2D eigenvalue weighted by Gasteiger charge is 2.06. The van der Waals surface area contributed by atoms with Crippen LogP contribution >= 0.6 is 15.9 Å². The second kappa shape index (κ2) is 3.27. The summed E-state index contributed by atoms with van der Waals surface area (Å²) in [6.45, 7) is 3.42. The van der Waals surface area contributed by atoms with E-state index < -0.39 is 0 Å². The molecule has 0 spiro atoms. The van der Waals surface area contributed by atoms with Crippen LogP contribution in [0.2, 0.25) is 0 Å². The van der Waals surface area contributed by atoms with E-state index in [2.05, 4.69) is 15.9 Å². The lowest BCUT2D eigenvalue weighted by Gasteiger charge is -2.04. The molecule has 12 heavy (non-hydrogen) atoms. The molecular weight excluding hydrogens is 218 g/mol. The van der Waals surface area contributed by atoms with Gasteiger partial charge in [0.1, 0.15) is 0 Å². The Labute approximate surface area is 79.9 Å². The van der Waals surface area contributed by atoms with Crippen molar-refractivity contribution in [3.05, 3.63) is 27.7 Å². The summed E-state index contributed by atoms with van der Waals surface area (Å²) in [7, 11) is 0. The van der Waals surface area contributed by atoms with Gasteiger partial charge in [-0.05, 0) is 47.5 Å². The van der Waals surface area contributed by atoms with Crippen molar-refractivity contribution in [3.63, 3.8) is 0 Å². The Balaban J connectivity index is 3.33. The minimum Gasteiger partial charge on any atom is -0.398 e. The molecule has 0 aromatic heterocycles. The lowest BCUT2D eigenvalue weighted by molar-refractivity contribution is 0.101. The molecule has 0 bridgehead atoms. The van der Waals surface area contributed by atoms with Gasteiger partial charge in [0.2, 0.25) is 0 Å². The van der Waals surface area contributed by atoms with Crippen LogP contribution < -0.4 is 5.73 Å². The number of carbonyl (C=O) groups is 1. The molecule has 1 aromatic carbocycles. The number of nitrogens with two attached hydrogens (primary N) is 1. The zero-order valence-corrected chi connectivity index (χ0v) is 8.60. The van der Waals surface area contributed by atoms with Gasteiger partial charge in [0, 0.05) is 15.7 Å². The van der Waals surface area contributed by atoms with Crippen LogP contribution in [0.25, 0.3) is 0 Å². The monoisotopic (exact) mass is 227 g/mol. The van der Waals surface area contributed by atoms with E-state index in [0.29, 0.717) is 5.69 Å². The number of hydrogen-bond acceptors (Lipinski definition) is 2. The Morgan fingerprint density at radius 1 is 1.50 bits per heavy atom. The maximum atomic E-state index is 11.1. The summed E-state index contributed by atoms with van der Waals surface area (Å²) in [5.41, 5.74) is 7.93. The van der Waals surface area contributed by atoms with Gasteiger partial charge < -0.3 is 5.73 Å². The van der Waals surface area contributed by atoms with E-state index in [1.807, 2.05) is 6.92 Å². The Morgan fingerprint density at radius 3 is 2.58 bits per heavy atom. The molecule has 2 nitrogen and oxygen atoms in total. The third-order valence-electron chi connectivity index (χ3n) is 1.72. The predicted octanol–water partition coefficient (Wildman–Crippen LogP) is 2.54. The van der Waals surface area contributed by atoms with E-state index in [9.17, 15) is 4.79 Å². The predicted molar refractivity (Wildman–Crippen MR) is 53.3 cm³/mol. The summed E-state index contributed by atoms with van der Waals surface area (Å²) < 4.78 is 0.776. The van der Waals surface area contributed by atoms with E-state index in [1.54, 1.807) is 19.1 Å². The minimum absolute atomic E-state index is 0.0631. The highest BCUT2D eigenvalue weighted by molar-refractivity contribution is 9.10. The first-order chi connectivity index (χ1) is 5.52. The summed E-state index contributed by atoms with van der Waals surface area (Å²) in [5.74, 6) is 0.0631. The summed E-state index contributed by atoms with van der Waals surface area (Å²) in [6.07, 6.45) is 0. The normalized spacial score (nSPS) is 9.92. The first-order valence-electron chi connectivity index (χ1n) is 3.59.